The van der Waals surface area contributed by atoms with Gasteiger partial charge in [0.05, 0.1) is 17.6 Å². The van der Waals surface area contributed by atoms with Gasteiger partial charge in [0.1, 0.15) is 17.0 Å². The van der Waals surface area contributed by atoms with Crippen molar-refractivity contribution in [1.29, 1.82) is 0 Å². The summed E-state index contributed by atoms with van der Waals surface area (Å²) in [5.74, 6) is 0.589. The van der Waals surface area contributed by atoms with Gasteiger partial charge in [0, 0.05) is 18.5 Å². The summed E-state index contributed by atoms with van der Waals surface area (Å²) in [5, 5.41) is 2.67. The number of esters is 1. The Bertz CT molecular complexity index is 620. The van der Waals surface area contributed by atoms with Gasteiger partial charge in [-0.25, -0.2) is 14.8 Å². The predicted octanol–water partition coefficient (Wildman–Crippen LogP) is 2.86. The largest absolute Gasteiger partial charge is 0.462 e. The van der Waals surface area contributed by atoms with E-state index in [1.807, 2.05) is 12.3 Å². The van der Waals surface area contributed by atoms with E-state index in [1.54, 1.807) is 6.33 Å². The Hall–Kier alpha value is -1.69. The van der Waals surface area contributed by atoms with Gasteiger partial charge < -0.3 is 9.64 Å². The molecule has 0 spiro atoms. The second-order valence-electron chi connectivity index (χ2n) is 4.79. The first kappa shape index (κ1) is 13.3. The van der Waals surface area contributed by atoms with Crippen LogP contribution >= 0.6 is 11.3 Å². The van der Waals surface area contributed by atoms with Crippen molar-refractivity contribution >= 4 is 33.3 Å². The van der Waals surface area contributed by atoms with E-state index >= 15 is 0 Å². The molecule has 2 aromatic heterocycles. The van der Waals surface area contributed by atoms with Crippen molar-refractivity contribution < 1.29 is 9.53 Å². The van der Waals surface area contributed by atoms with Gasteiger partial charge in [0.25, 0.3) is 0 Å². The number of rotatable bonds is 3. The topological polar surface area (TPSA) is 55.3 Å². The Kier molecular flexibility index (Phi) is 3.82. The normalized spacial score (nSPS) is 15.6. The van der Waals surface area contributed by atoms with Crippen molar-refractivity contribution in [2.75, 3.05) is 24.6 Å². The Balaban J connectivity index is 2.06. The molecule has 0 aliphatic carbocycles. The lowest BCUT2D eigenvalue weighted by Crippen LogP contribution is -2.30. The molecule has 3 rings (SSSR count). The van der Waals surface area contributed by atoms with E-state index in [0.717, 1.165) is 29.1 Å². The molecule has 0 saturated carbocycles. The molecule has 5 nitrogen and oxygen atoms in total. The van der Waals surface area contributed by atoms with Crippen molar-refractivity contribution in [3.8, 4) is 0 Å². The summed E-state index contributed by atoms with van der Waals surface area (Å²) >= 11 is 1.47. The third kappa shape index (κ3) is 2.35. The minimum Gasteiger partial charge on any atom is -0.462 e. The summed E-state index contributed by atoms with van der Waals surface area (Å²) in [6.07, 6.45) is 5.19. The molecule has 0 unspecified atom stereocenters. The van der Waals surface area contributed by atoms with E-state index in [9.17, 15) is 4.79 Å². The molecule has 0 N–H and O–H groups in total. The highest BCUT2D eigenvalue weighted by Gasteiger charge is 2.22. The van der Waals surface area contributed by atoms with E-state index in [0.29, 0.717) is 12.2 Å². The first-order valence-corrected chi connectivity index (χ1v) is 7.83. The highest BCUT2D eigenvalue weighted by molar-refractivity contribution is 7.17. The zero-order valence-electron chi connectivity index (χ0n) is 11.5. The second kappa shape index (κ2) is 5.75. The number of piperidine rings is 1. The zero-order valence-corrected chi connectivity index (χ0v) is 12.3. The number of thiophene rings is 1. The third-order valence-electron chi connectivity index (χ3n) is 3.50. The van der Waals surface area contributed by atoms with E-state index in [2.05, 4.69) is 14.9 Å². The number of hydrogen-bond acceptors (Lipinski definition) is 6. The monoisotopic (exact) mass is 291 g/mol. The number of fused-ring (bicyclic) bond motifs is 1. The fraction of sp³-hybridized carbons (Fsp3) is 0.500. The molecule has 106 valence electrons. The minimum atomic E-state index is -0.285. The molecule has 0 radical (unpaired) electrons. The van der Waals surface area contributed by atoms with Gasteiger partial charge in [0.15, 0.2) is 0 Å². The standard InChI is InChI=1S/C14H17N3O2S/c1-2-19-14(18)10-8-20-13-11(10)12(15-9-16-13)17-6-4-3-5-7-17/h8-9H,2-7H2,1H3. The summed E-state index contributed by atoms with van der Waals surface area (Å²) < 4.78 is 5.13. The number of anilines is 1. The fourth-order valence-corrected chi connectivity index (χ4v) is 3.43. The molecule has 6 heteroatoms. The van der Waals surface area contributed by atoms with Crippen LogP contribution in [0.3, 0.4) is 0 Å². The Morgan fingerprint density at radius 3 is 2.90 bits per heavy atom. The van der Waals surface area contributed by atoms with Crippen LogP contribution in [0.5, 0.6) is 0 Å². The molecule has 1 saturated heterocycles. The number of hydrogen-bond donors (Lipinski definition) is 0. The van der Waals surface area contributed by atoms with Crippen LogP contribution in [0.4, 0.5) is 5.82 Å². The SMILES string of the molecule is CCOC(=O)c1csc2ncnc(N3CCCCC3)c12. The molecule has 20 heavy (non-hydrogen) atoms. The lowest BCUT2D eigenvalue weighted by Gasteiger charge is -2.28. The van der Waals surface area contributed by atoms with Crippen LogP contribution in [0.15, 0.2) is 11.7 Å². The Morgan fingerprint density at radius 2 is 2.15 bits per heavy atom. The van der Waals surface area contributed by atoms with E-state index in [-0.39, 0.29) is 5.97 Å². The molecule has 0 atom stereocenters. The number of ether oxygens (including phenoxy) is 1. The predicted molar refractivity (Wildman–Crippen MR) is 79.4 cm³/mol. The van der Waals surface area contributed by atoms with Crippen LogP contribution in [0.1, 0.15) is 36.5 Å². The second-order valence-corrected chi connectivity index (χ2v) is 5.65. The lowest BCUT2D eigenvalue weighted by atomic mass is 10.1. The maximum Gasteiger partial charge on any atom is 0.339 e. The van der Waals surface area contributed by atoms with Crippen molar-refractivity contribution in [3.05, 3.63) is 17.3 Å². The quantitative estimate of drug-likeness (QED) is 0.814. The third-order valence-corrected chi connectivity index (χ3v) is 4.39. The molecule has 0 bridgehead atoms. The number of carbonyl (C=O) groups is 1. The molecule has 1 aliphatic heterocycles. The maximum atomic E-state index is 12.1. The van der Waals surface area contributed by atoms with Crippen LogP contribution in [0.2, 0.25) is 0 Å². The Labute approximate surface area is 121 Å². The van der Waals surface area contributed by atoms with E-state index in [1.165, 1.54) is 30.6 Å². The van der Waals surface area contributed by atoms with Gasteiger partial charge in [-0.15, -0.1) is 11.3 Å². The lowest BCUT2D eigenvalue weighted by molar-refractivity contribution is 0.0529. The van der Waals surface area contributed by atoms with Gasteiger partial charge in [-0.2, -0.15) is 0 Å². The highest BCUT2D eigenvalue weighted by atomic mass is 32.1. The highest BCUT2D eigenvalue weighted by Crippen LogP contribution is 2.32. The van der Waals surface area contributed by atoms with Crippen LogP contribution in [-0.2, 0) is 4.74 Å². The summed E-state index contributed by atoms with van der Waals surface area (Å²) in [5.41, 5.74) is 0.591. The first-order valence-electron chi connectivity index (χ1n) is 6.95. The first-order chi connectivity index (χ1) is 9.81. The van der Waals surface area contributed by atoms with Crippen molar-refractivity contribution in [2.24, 2.45) is 0 Å². The summed E-state index contributed by atoms with van der Waals surface area (Å²) in [7, 11) is 0. The summed E-state index contributed by atoms with van der Waals surface area (Å²) in [4.78, 5) is 23.9. The van der Waals surface area contributed by atoms with Gasteiger partial charge in [0.2, 0.25) is 0 Å². The average Bonchev–Trinajstić information content (AvgIpc) is 2.92. The Morgan fingerprint density at radius 1 is 1.35 bits per heavy atom. The molecule has 1 fully saturated rings. The van der Waals surface area contributed by atoms with Gasteiger partial charge >= 0.3 is 5.97 Å². The van der Waals surface area contributed by atoms with Crippen molar-refractivity contribution in [2.45, 2.75) is 26.2 Å². The summed E-state index contributed by atoms with van der Waals surface area (Å²) in [6, 6.07) is 0. The molecular weight excluding hydrogens is 274 g/mol. The molecule has 0 amide bonds. The number of nitrogens with zero attached hydrogens (tertiary/aromatic N) is 3. The van der Waals surface area contributed by atoms with Crippen LogP contribution in [0.25, 0.3) is 10.2 Å². The zero-order chi connectivity index (χ0) is 13.9. The van der Waals surface area contributed by atoms with Crippen molar-refractivity contribution in [1.82, 2.24) is 9.97 Å². The summed E-state index contributed by atoms with van der Waals surface area (Å²) in [6.45, 7) is 4.17. The molecule has 2 aromatic rings. The number of carbonyl (C=O) groups excluding carboxylic acids is 1. The van der Waals surface area contributed by atoms with Crippen LogP contribution in [0, 0.1) is 0 Å². The molecule has 3 heterocycles. The number of aromatic nitrogens is 2. The van der Waals surface area contributed by atoms with E-state index in [4.69, 9.17) is 4.74 Å². The average molecular weight is 291 g/mol. The molecule has 0 aromatic carbocycles. The van der Waals surface area contributed by atoms with Gasteiger partial charge in [-0.3, -0.25) is 0 Å². The van der Waals surface area contributed by atoms with Crippen molar-refractivity contribution in [3.63, 3.8) is 0 Å². The van der Waals surface area contributed by atoms with Crippen LogP contribution in [-0.4, -0.2) is 35.6 Å². The fourth-order valence-electron chi connectivity index (χ4n) is 2.56. The van der Waals surface area contributed by atoms with Gasteiger partial charge in [-0.05, 0) is 26.2 Å². The van der Waals surface area contributed by atoms with Gasteiger partial charge in [-0.1, -0.05) is 0 Å². The maximum absolute atomic E-state index is 12.1. The minimum absolute atomic E-state index is 0.285. The molecule has 1 aliphatic rings. The molecular formula is C14H17N3O2S. The smallest absolute Gasteiger partial charge is 0.339 e. The van der Waals surface area contributed by atoms with Crippen LogP contribution < -0.4 is 4.90 Å². The van der Waals surface area contributed by atoms with E-state index < -0.39 is 0 Å².